The van der Waals surface area contributed by atoms with Crippen molar-refractivity contribution in [3.05, 3.63) is 29.8 Å². The van der Waals surface area contributed by atoms with Crippen LogP contribution < -0.4 is 11.1 Å². The maximum absolute atomic E-state index is 11.7. The van der Waals surface area contributed by atoms with Gasteiger partial charge in [-0.1, -0.05) is 0 Å². The fourth-order valence-electron chi connectivity index (χ4n) is 1.41. The molecule has 0 bridgehead atoms. The second kappa shape index (κ2) is 6.74. The molecule has 0 spiro atoms. The maximum atomic E-state index is 11.7. The van der Waals surface area contributed by atoms with Crippen LogP contribution in [0.1, 0.15) is 31.1 Å². The van der Waals surface area contributed by atoms with Crippen molar-refractivity contribution in [3.8, 4) is 0 Å². The Labute approximate surface area is 122 Å². The number of amides is 2. The fraction of sp³-hybridized carbons (Fsp3) is 0.357. The monoisotopic (exact) mass is 294 g/mol. The minimum atomic E-state index is -0.699. The molecule has 1 rings (SSSR count). The molecule has 0 unspecified atom stereocenters. The predicted octanol–water partition coefficient (Wildman–Crippen LogP) is 1.68. The van der Waals surface area contributed by atoms with Crippen molar-refractivity contribution in [3.63, 3.8) is 0 Å². The quantitative estimate of drug-likeness (QED) is 0.821. The van der Waals surface area contributed by atoms with Gasteiger partial charge in [-0.15, -0.1) is 0 Å². The molecule has 7 nitrogen and oxygen atoms in total. The van der Waals surface area contributed by atoms with Gasteiger partial charge in [0.15, 0.2) is 6.61 Å². The predicted molar refractivity (Wildman–Crippen MR) is 75.8 cm³/mol. The number of carbonyl (C=O) groups excluding carboxylic acids is 3. The highest BCUT2D eigenvalue weighted by molar-refractivity contribution is 5.92. The first-order chi connectivity index (χ1) is 9.67. The Balaban J connectivity index is 2.52. The second-order valence-corrected chi connectivity index (χ2v) is 5.23. The van der Waals surface area contributed by atoms with Crippen LogP contribution in [0, 0.1) is 0 Å². The van der Waals surface area contributed by atoms with Crippen LogP contribution in [0.15, 0.2) is 24.3 Å². The van der Waals surface area contributed by atoms with E-state index in [1.165, 1.54) is 24.3 Å². The number of hydrogen-bond donors (Lipinski definition) is 2. The van der Waals surface area contributed by atoms with E-state index in [0.717, 1.165) is 0 Å². The van der Waals surface area contributed by atoms with Gasteiger partial charge in [-0.3, -0.25) is 0 Å². The van der Waals surface area contributed by atoms with Crippen molar-refractivity contribution in [2.75, 3.05) is 11.9 Å². The first-order valence-corrected chi connectivity index (χ1v) is 6.23. The first-order valence-electron chi connectivity index (χ1n) is 6.23. The van der Waals surface area contributed by atoms with Gasteiger partial charge in [0.2, 0.25) is 0 Å². The Morgan fingerprint density at radius 2 is 1.71 bits per heavy atom. The lowest BCUT2D eigenvalue weighted by Crippen LogP contribution is -2.27. The van der Waals surface area contributed by atoms with Crippen molar-refractivity contribution in [2.24, 2.45) is 5.73 Å². The number of ether oxygens (including phenoxy) is 2. The molecule has 0 radical (unpaired) electrons. The Bertz CT molecular complexity index is 531. The van der Waals surface area contributed by atoms with Gasteiger partial charge >= 0.3 is 18.0 Å². The highest BCUT2D eigenvalue weighted by atomic mass is 16.6. The molecule has 21 heavy (non-hydrogen) atoms. The summed E-state index contributed by atoms with van der Waals surface area (Å²) in [6.45, 7) is 4.70. The average Bonchev–Trinajstić information content (AvgIpc) is 2.34. The summed E-state index contributed by atoms with van der Waals surface area (Å²) in [7, 11) is 0. The fourth-order valence-corrected chi connectivity index (χ4v) is 1.41. The van der Waals surface area contributed by atoms with Gasteiger partial charge in [-0.2, -0.15) is 0 Å². The highest BCUT2D eigenvalue weighted by Gasteiger charge is 2.18. The van der Waals surface area contributed by atoms with E-state index in [4.69, 9.17) is 15.2 Å². The standard InChI is InChI=1S/C14H18N2O5/c1-14(2,3)21-11(17)8-20-12(18)9-4-6-10(7-5-9)16-13(15)19/h4-7H,8H2,1-3H3,(H3,15,16,19). The number of nitrogens with one attached hydrogen (secondary N) is 1. The summed E-state index contributed by atoms with van der Waals surface area (Å²) >= 11 is 0. The van der Waals surface area contributed by atoms with E-state index in [2.05, 4.69) is 5.32 Å². The van der Waals surface area contributed by atoms with E-state index in [-0.39, 0.29) is 5.56 Å². The molecule has 0 saturated carbocycles. The van der Waals surface area contributed by atoms with Crippen molar-refractivity contribution in [1.29, 1.82) is 0 Å². The lowest BCUT2D eigenvalue weighted by Gasteiger charge is -2.19. The summed E-state index contributed by atoms with van der Waals surface area (Å²) in [5.41, 5.74) is 5.02. The van der Waals surface area contributed by atoms with Crippen molar-refractivity contribution in [1.82, 2.24) is 0 Å². The van der Waals surface area contributed by atoms with E-state index in [1.54, 1.807) is 20.8 Å². The average molecular weight is 294 g/mol. The Morgan fingerprint density at radius 3 is 2.19 bits per heavy atom. The van der Waals surface area contributed by atoms with Gasteiger partial charge < -0.3 is 20.5 Å². The third-order valence-electron chi connectivity index (χ3n) is 2.13. The third kappa shape index (κ3) is 6.42. The third-order valence-corrected chi connectivity index (χ3v) is 2.13. The molecule has 0 heterocycles. The van der Waals surface area contributed by atoms with Gasteiger partial charge in [0.05, 0.1) is 5.56 Å². The number of carbonyl (C=O) groups is 3. The Morgan fingerprint density at radius 1 is 1.14 bits per heavy atom. The number of rotatable bonds is 4. The van der Waals surface area contributed by atoms with Crippen molar-refractivity contribution >= 4 is 23.7 Å². The summed E-state index contributed by atoms with van der Waals surface area (Å²) < 4.78 is 9.84. The van der Waals surface area contributed by atoms with Crippen LogP contribution in [0.25, 0.3) is 0 Å². The first kappa shape index (κ1) is 16.5. The molecule has 0 aliphatic heterocycles. The molecule has 0 atom stereocenters. The maximum Gasteiger partial charge on any atom is 0.344 e. The van der Waals surface area contributed by atoms with Gasteiger partial charge in [-0.05, 0) is 45.0 Å². The molecule has 0 aliphatic carbocycles. The van der Waals surface area contributed by atoms with Crippen LogP contribution in [0.4, 0.5) is 10.5 Å². The Kier molecular flexibility index (Phi) is 5.29. The molecule has 2 amide bonds. The number of benzene rings is 1. The van der Waals surface area contributed by atoms with Crippen LogP contribution >= 0.6 is 0 Å². The minimum absolute atomic E-state index is 0.244. The zero-order valence-electron chi connectivity index (χ0n) is 12.1. The van der Waals surface area contributed by atoms with Crippen LogP contribution in [0.2, 0.25) is 0 Å². The zero-order valence-corrected chi connectivity index (χ0v) is 12.1. The van der Waals surface area contributed by atoms with E-state index in [0.29, 0.717) is 5.69 Å². The van der Waals surface area contributed by atoms with E-state index < -0.39 is 30.2 Å². The van der Waals surface area contributed by atoms with E-state index in [9.17, 15) is 14.4 Å². The zero-order chi connectivity index (χ0) is 16.0. The number of primary amides is 1. The van der Waals surface area contributed by atoms with Crippen LogP contribution in [-0.4, -0.2) is 30.2 Å². The molecule has 0 fully saturated rings. The van der Waals surface area contributed by atoms with Crippen LogP contribution in [0.3, 0.4) is 0 Å². The smallest absolute Gasteiger partial charge is 0.344 e. The van der Waals surface area contributed by atoms with Crippen LogP contribution in [0.5, 0.6) is 0 Å². The lowest BCUT2D eigenvalue weighted by molar-refractivity contribution is -0.158. The molecule has 0 aromatic heterocycles. The van der Waals surface area contributed by atoms with Gasteiger partial charge in [0.1, 0.15) is 5.60 Å². The summed E-state index contributed by atoms with van der Waals surface area (Å²) in [6, 6.07) is 5.19. The van der Waals surface area contributed by atoms with Crippen molar-refractivity contribution < 1.29 is 23.9 Å². The SMILES string of the molecule is CC(C)(C)OC(=O)COC(=O)c1ccc(NC(N)=O)cc1. The minimum Gasteiger partial charge on any atom is -0.457 e. The van der Waals surface area contributed by atoms with Gasteiger partial charge in [-0.25, -0.2) is 14.4 Å². The molecule has 0 saturated heterocycles. The number of anilines is 1. The summed E-state index contributed by atoms with van der Waals surface area (Å²) in [5.74, 6) is -1.28. The Hall–Kier alpha value is -2.57. The lowest BCUT2D eigenvalue weighted by atomic mass is 10.2. The molecule has 1 aromatic rings. The molecule has 7 heteroatoms. The highest BCUT2D eigenvalue weighted by Crippen LogP contribution is 2.11. The van der Waals surface area contributed by atoms with E-state index >= 15 is 0 Å². The molecule has 1 aromatic carbocycles. The van der Waals surface area contributed by atoms with Crippen LogP contribution in [-0.2, 0) is 14.3 Å². The number of nitrogens with two attached hydrogens (primary N) is 1. The molecular weight excluding hydrogens is 276 g/mol. The normalized spacial score (nSPS) is 10.6. The molecular formula is C14H18N2O5. The van der Waals surface area contributed by atoms with E-state index in [1.807, 2.05) is 0 Å². The largest absolute Gasteiger partial charge is 0.457 e. The summed E-state index contributed by atoms with van der Waals surface area (Å²) in [5, 5.41) is 2.36. The molecule has 114 valence electrons. The van der Waals surface area contributed by atoms with Crippen molar-refractivity contribution in [2.45, 2.75) is 26.4 Å². The summed E-state index contributed by atoms with van der Waals surface area (Å²) in [6.07, 6.45) is 0. The topological polar surface area (TPSA) is 108 Å². The number of hydrogen-bond acceptors (Lipinski definition) is 5. The summed E-state index contributed by atoms with van der Waals surface area (Å²) in [4.78, 5) is 33.8. The van der Waals surface area contributed by atoms with Gasteiger partial charge in [0.25, 0.3) is 0 Å². The molecule has 0 aliphatic rings. The second-order valence-electron chi connectivity index (χ2n) is 5.23. The number of esters is 2. The molecule has 3 N–H and O–H groups in total. The number of urea groups is 1. The van der Waals surface area contributed by atoms with Gasteiger partial charge in [0, 0.05) is 5.69 Å².